The Morgan fingerprint density at radius 1 is 0.829 bits per heavy atom. The van der Waals surface area contributed by atoms with E-state index in [9.17, 15) is 18.3 Å². The second-order valence-electron chi connectivity index (χ2n) is 7.56. The summed E-state index contributed by atoms with van der Waals surface area (Å²) in [6, 6.07) is 24.9. The molecule has 0 saturated carbocycles. The molecule has 0 heterocycles. The number of benzene rings is 4. The molecule has 1 N–H and O–H groups in total. The summed E-state index contributed by atoms with van der Waals surface area (Å²) in [5.74, 6) is 0.698. The van der Waals surface area contributed by atoms with Crippen molar-refractivity contribution in [2.24, 2.45) is 4.99 Å². The van der Waals surface area contributed by atoms with Crippen LogP contribution in [-0.2, 0) is 6.18 Å². The highest BCUT2D eigenvalue weighted by Gasteiger charge is 2.31. The summed E-state index contributed by atoms with van der Waals surface area (Å²) in [7, 11) is 0. The number of nitrogens with zero attached hydrogens (tertiary/aromatic N) is 1. The fraction of sp³-hybridized carbons (Fsp3) is 0.107. The first kappa shape index (κ1) is 23.9. The molecule has 0 atom stereocenters. The smallest absolute Gasteiger partial charge is 0.416 e. The van der Waals surface area contributed by atoms with Gasteiger partial charge in [0.15, 0.2) is 17.2 Å². The number of halogens is 3. The van der Waals surface area contributed by atoms with E-state index >= 15 is 0 Å². The molecule has 7 heteroatoms. The van der Waals surface area contributed by atoms with E-state index in [4.69, 9.17) is 9.47 Å². The molecule has 4 nitrogen and oxygen atoms in total. The topological polar surface area (TPSA) is 51.0 Å². The molecule has 4 aromatic rings. The Kier molecular flexibility index (Phi) is 7.06. The number of aliphatic imine (C=N–C) groups is 1. The van der Waals surface area contributed by atoms with Gasteiger partial charge in [0, 0.05) is 11.8 Å². The molecule has 0 spiro atoms. The van der Waals surface area contributed by atoms with E-state index in [1.807, 2.05) is 42.5 Å². The summed E-state index contributed by atoms with van der Waals surface area (Å²) in [4.78, 5) is 4.21. The highest BCUT2D eigenvalue weighted by atomic mass is 19.4. The van der Waals surface area contributed by atoms with Crippen LogP contribution in [0.4, 0.5) is 18.9 Å². The molecule has 0 saturated heterocycles. The predicted octanol–water partition coefficient (Wildman–Crippen LogP) is 8.02. The van der Waals surface area contributed by atoms with Gasteiger partial charge in [0.1, 0.15) is 11.4 Å². The number of para-hydroxylation sites is 1. The third kappa shape index (κ3) is 5.81. The molecule has 0 unspecified atom stereocenters. The van der Waals surface area contributed by atoms with Crippen molar-refractivity contribution in [1.82, 2.24) is 0 Å². The molecular weight excluding hydrogens is 455 g/mol. The lowest BCUT2D eigenvalue weighted by Gasteiger charge is -2.13. The maximum atomic E-state index is 13.3. The van der Waals surface area contributed by atoms with Gasteiger partial charge >= 0.3 is 6.18 Å². The van der Waals surface area contributed by atoms with Crippen LogP contribution in [0.15, 0.2) is 96.0 Å². The quantitative estimate of drug-likeness (QED) is 0.274. The summed E-state index contributed by atoms with van der Waals surface area (Å²) >= 11 is 0. The molecule has 4 aromatic carbocycles. The van der Waals surface area contributed by atoms with Crippen LogP contribution in [0, 0.1) is 0 Å². The number of aromatic hydroxyl groups is 1. The summed E-state index contributed by atoms with van der Waals surface area (Å²) in [5.41, 5.74) is 1.42. The van der Waals surface area contributed by atoms with Gasteiger partial charge in [0.2, 0.25) is 0 Å². The molecular formula is C28H22F3NO3. The molecule has 0 aliphatic heterocycles. The van der Waals surface area contributed by atoms with Gasteiger partial charge in [0.25, 0.3) is 0 Å². The standard InChI is InChI=1S/C28H22F3NO3/c1-2-34-26-10-6-9-21(27(26)33)18-32-24-17-22(28(29,30)31)13-16-25(24)35-23-14-11-20(12-15-23)19-7-4-3-5-8-19/h3-18,33H,2H2,1H3. The fourth-order valence-corrected chi connectivity index (χ4v) is 3.41. The highest BCUT2D eigenvalue weighted by Crippen LogP contribution is 2.39. The van der Waals surface area contributed by atoms with Crippen molar-refractivity contribution in [3.8, 4) is 34.1 Å². The lowest BCUT2D eigenvalue weighted by Crippen LogP contribution is -2.04. The monoisotopic (exact) mass is 477 g/mol. The van der Waals surface area contributed by atoms with Crippen molar-refractivity contribution < 1.29 is 27.8 Å². The van der Waals surface area contributed by atoms with Crippen molar-refractivity contribution in [3.05, 3.63) is 102 Å². The number of rotatable bonds is 7. The van der Waals surface area contributed by atoms with Gasteiger partial charge in [-0.05, 0) is 60.5 Å². The zero-order valence-electron chi connectivity index (χ0n) is 18.8. The van der Waals surface area contributed by atoms with Gasteiger partial charge in [-0.1, -0.05) is 48.5 Å². The maximum Gasteiger partial charge on any atom is 0.416 e. The van der Waals surface area contributed by atoms with E-state index < -0.39 is 11.7 Å². The Bertz CT molecular complexity index is 1320. The zero-order chi connectivity index (χ0) is 24.8. The van der Waals surface area contributed by atoms with Gasteiger partial charge in [-0.15, -0.1) is 0 Å². The van der Waals surface area contributed by atoms with Crippen molar-refractivity contribution in [1.29, 1.82) is 0 Å². The largest absolute Gasteiger partial charge is 0.504 e. The summed E-state index contributed by atoms with van der Waals surface area (Å²) < 4.78 is 51.3. The number of ether oxygens (including phenoxy) is 2. The Balaban J connectivity index is 1.65. The average molecular weight is 477 g/mol. The SMILES string of the molecule is CCOc1cccc(C=Nc2cc(C(F)(F)F)ccc2Oc2ccc(-c3ccccc3)cc2)c1O. The van der Waals surface area contributed by atoms with Crippen LogP contribution < -0.4 is 9.47 Å². The van der Waals surface area contributed by atoms with E-state index in [0.717, 1.165) is 23.3 Å². The molecule has 4 rings (SSSR count). The van der Waals surface area contributed by atoms with Crippen LogP contribution in [0.3, 0.4) is 0 Å². The first-order valence-corrected chi connectivity index (χ1v) is 10.9. The Morgan fingerprint density at radius 2 is 1.54 bits per heavy atom. The van der Waals surface area contributed by atoms with Crippen LogP contribution in [0.1, 0.15) is 18.1 Å². The second kappa shape index (κ2) is 10.3. The summed E-state index contributed by atoms with van der Waals surface area (Å²) in [5, 5.41) is 10.4. The lowest BCUT2D eigenvalue weighted by atomic mass is 10.1. The molecule has 0 radical (unpaired) electrons. The molecule has 35 heavy (non-hydrogen) atoms. The van der Waals surface area contributed by atoms with Crippen LogP contribution in [0.2, 0.25) is 0 Å². The predicted molar refractivity (Wildman–Crippen MR) is 130 cm³/mol. The average Bonchev–Trinajstić information content (AvgIpc) is 2.86. The van der Waals surface area contributed by atoms with Crippen molar-refractivity contribution in [2.75, 3.05) is 6.61 Å². The molecule has 178 valence electrons. The minimum absolute atomic E-state index is 0.0341. The minimum Gasteiger partial charge on any atom is -0.504 e. The first-order chi connectivity index (χ1) is 16.8. The van der Waals surface area contributed by atoms with Gasteiger partial charge in [-0.25, -0.2) is 0 Å². The number of hydrogen-bond donors (Lipinski definition) is 1. The fourth-order valence-electron chi connectivity index (χ4n) is 3.41. The van der Waals surface area contributed by atoms with E-state index in [1.165, 1.54) is 12.3 Å². The van der Waals surface area contributed by atoms with Crippen molar-refractivity contribution >= 4 is 11.9 Å². The molecule has 0 bridgehead atoms. The Labute approximate surface area is 200 Å². The van der Waals surface area contributed by atoms with E-state index in [0.29, 0.717) is 17.9 Å². The van der Waals surface area contributed by atoms with Crippen LogP contribution in [0.5, 0.6) is 23.0 Å². The van der Waals surface area contributed by atoms with Gasteiger partial charge < -0.3 is 14.6 Å². The molecule has 0 aromatic heterocycles. The van der Waals surface area contributed by atoms with Gasteiger partial charge in [-0.3, -0.25) is 4.99 Å². The number of phenols is 1. The normalized spacial score (nSPS) is 11.5. The Morgan fingerprint density at radius 3 is 2.23 bits per heavy atom. The summed E-state index contributed by atoms with van der Waals surface area (Å²) in [6.07, 6.45) is -3.27. The van der Waals surface area contributed by atoms with E-state index in [-0.39, 0.29) is 22.9 Å². The van der Waals surface area contributed by atoms with E-state index in [1.54, 1.807) is 37.3 Å². The van der Waals surface area contributed by atoms with Crippen molar-refractivity contribution in [3.63, 3.8) is 0 Å². The third-order valence-electron chi connectivity index (χ3n) is 5.15. The lowest BCUT2D eigenvalue weighted by molar-refractivity contribution is -0.137. The molecule has 0 aliphatic rings. The first-order valence-electron chi connectivity index (χ1n) is 10.9. The van der Waals surface area contributed by atoms with E-state index in [2.05, 4.69) is 4.99 Å². The summed E-state index contributed by atoms with van der Waals surface area (Å²) in [6.45, 7) is 2.13. The molecule has 0 amide bonds. The van der Waals surface area contributed by atoms with Crippen LogP contribution >= 0.6 is 0 Å². The number of alkyl halides is 3. The van der Waals surface area contributed by atoms with Gasteiger partial charge in [0.05, 0.1) is 12.2 Å². The third-order valence-corrected chi connectivity index (χ3v) is 5.15. The van der Waals surface area contributed by atoms with Crippen molar-refractivity contribution in [2.45, 2.75) is 13.1 Å². The zero-order valence-corrected chi connectivity index (χ0v) is 18.8. The van der Waals surface area contributed by atoms with Gasteiger partial charge in [-0.2, -0.15) is 13.2 Å². The second-order valence-corrected chi connectivity index (χ2v) is 7.56. The number of phenolic OH excluding ortho intramolecular Hbond substituents is 1. The maximum absolute atomic E-state index is 13.3. The van der Waals surface area contributed by atoms with Crippen LogP contribution in [-0.4, -0.2) is 17.9 Å². The number of hydrogen-bond acceptors (Lipinski definition) is 4. The molecule has 0 aliphatic carbocycles. The molecule has 0 fully saturated rings. The minimum atomic E-state index is -4.54. The highest BCUT2D eigenvalue weighted by molar-refractivity contribution is 5.87. The Hall–Kier alpha value is -4.26. The van der Waals surface area contributed by atoms with Crippen LogP contribution in [0.25, 0.3) is 11.1 Å².